The predicted molar refractivity (Wildman–Crippen MR) is 72.7 cm³/mol. The molecule has 1 aromatic rings. The van der Waals surface area contributed by atoms with E-state index in [9.17, 15) is 4.79 Å². The summed E-state index contributed by atoms with van der Waals surface area (Å²) in [6.45, 7) is 5.19. The number of amides is 1. The molecule has 2 rings (SSSR count). The molecular weight excluding hydrogens is 226 g/mol. The van der Waals surface area contributed by atoms with Crippen molar-refractivity contribution in [2.45, 2.75) is 32.7 Å². The van der Waals surface area contributed by atoms with Crippen LogP contribution in [0.5, 0.6) is 0 Å². The molecule has 0 aromatic carbocycles. The maximum Gasteiger partial charge on any atom is 0.272 e. The van der Waals surface area contributed by atoms with Crippen LogP contribution >= 0.6 is 0 Å². The van der Waals surface area contributed by atoms with E-state index in [4.69, 9.17) is 0 Å². The fourth-order valence-corrected chi connectivity index (χ4v) is 2.44. The molecular formula is C14H21N3O. The van der Waals surface area contributed by atoms with Gasteiger partial charge < -0.3 is 10.2 Å². The summed E-state index contributed by atoms with van der Waals surface area (Å²) in [5.74, 6) is 0.621. The zero-order valence-electron chi connectivity index (χ0n) is 11.3. The number of piperidine rings is 1. The van der Waals surface area contributed by atoms with E-state index < -0.39 is 0 Å². The van der Waals surface area contributed by atoms with Gasteiger partial charge in [-0.05, 0) is 37.8 Å². The maximum atomic E-state index is 12.4. The van der Waals surface area contributed by atoms with E-state index in [1.54, 1.807) is 12.3 Å². The lowest BCUT2D eigenvalue weighted by molar-refractivity contribution is 0.0545. The Labute approximate surface area is 108 Å². The summed E-state index contributed by atoms with van der Waals surface area (Å²) < 4.78 is 0. The summed E-state index contributed by atoms with van der Waals surface area (Å²) in [4.78, 5) is 18.6. The second kappa shape index (κ2) is 5.38. The van der Waals surface area contributed by atoms with Crippen molar-refractivity contribution in [3.8, 4) is 0 Å². The zero-order chi connectivity index (χ0) is 13.1. The first-order chi connectivity index (χ1) is 8.63. The van der Waals surface area contributed by atoms with Crippen LogP contribution in [0.2, 0.25) is 0 Å². The highest BCUT2D eigenvalue weighted by molar-refractivity contribution is 5.92. The van der Waals surface area contributed by atoms with Gasteiger partial charge in [0.2, 0.25) is 0 Å². The Hall–Kier alpha value is -1.58. The van der Waals surface area contributed by atoms with Crippen LogP contribution in [0.1, 0.15) is 37.2 Å². The van der Waals surface area contributed by atoms with Crippen LogP contribution < -0.4 is 5.32 Å². The normalized spacial score (nSPS) is 23.8. The van der Waals surface area contributed by atoms with Gasteiger partial charge in [-0.25, -0.2) is 4.98 Å². The van der Waals surface area contributed by atoms with Crippen LogP contribution in [0, 0.1) is 5.92 Å². The molecule has 98 valence electrons. The molecule has 18 heavy (non-hydrogen) atoms. The molecule has 1 saturated heterocycles. The number of nitrogens with zero attached hydrogens (tertiary/aromatic N) is 2. The first kappa shape index (κ1) is 12.9. The number of likely N-dealkylation sites (tertiary alicyclic amines) is 1. The first-order valence-electron chi connectivity index (χ1n) is 6.58. The van der Waals surface area contributed by atoms with E-state index in [0.29, 0.717) is 17.7 Å². The van der Waals surface area contributed by atoms with E-state index in [1.165, 1.54) is 6.42 Å². The monoisotopic (exact) mass is 247 g/mol. The quantitative estimate of drug-likeness (QED) is 0.872. The maximum absolute atomic E-state index is 12.4. The molecule has 0 aliphatic carbocycles. The van der Waals surface area contributed by atoms with E-state index in [1.807, 2.05) is 18.0 Å². The van der Waals surface area contributed by atoms with Crippen LogP contribution in [0.3, 0.4) is 0 Å². The summed E-state index contributed by atoms with van der Waals surface area (Å²) in [6.07, 6.45) is 3.99. The number of hydrogen-bond acceptors (Lipinski definition) is 3. The van der Waals surface area contributed by atoms with Gasteiger partial charge in [-0.3, -0.25) is 4.79 Å². The van der Waals surface area contributed by atoms with E-state index >= 15 is 0 Å². The minimum absolute atomic E-state index is 0.0525. The molecule has 4 heteroatoms. The highest BCUT2D eigenvalue weighted by atomic mass is 16.2. The first-order valence-corrected chi connectivity index (χ1v) is 6.58. The number of anilines is 1. The number of hydrogen-bond donors (Lipinski definition) is 1. The molecule has 1 amide bonds. The highest BCUT2D eigenvalue weighted by Crippen LogP contribution is 2.24. The number of nitrogens with one attached hydrogen (secondary N) is 1. The molecule has 1 aliphatic rings. The number of rotatable bonds is 2. The van der Waals surface area contributed by atoms with Gasteiger partial charge in [0.1, 0.15) is 5.69 Å². The number of carbonyl (C=O) groups is 1. The lowest BCUT2D eigenvalue weighted by Crippen LogP contribution is -2.46. The molecule has 0 radical (unpaired) electrons. The van der Waals surface area contributed by atoms with Crippen molar-refractivity contribution in [1.82, 2.24) is 9.88 Å². The van der Waals surface area contributed by atoms with Gasteiger partial charge in [-0.1, -0.05) is 6.92 Å². The Balaban J connectivity index is 2.14. The second-order valence-electron chi connectivity index (χ2n) is 5.04. The second-order valence-corrected chi connectivity index (χ2v) is 5.04. The minimum atomic E-state index is 0.0525. The largest absolute Gasteiger partial charge is 0.387 e. The molecule has 1 fully saturated rings. The van der Waals surface area contributed by atoms with Crippen LogP contribution in [0.15, 0.2) is 18.3 Å². The van der Waals surface area contributed by atoms with Gasteiger partial charge in [-0.15, -0.1) is 0 Å². The standard InChI is InChI=1S/C14H21N3O/c1-10-5-4-8-17(11(10)2)14(18)13-7-6-12(15-3)9-16-13/h6-7,9-11,15H,4-5,8H2,1-3H3. The average Bonchev–Trinajstić information content (AvgIpc) is 2.41. The number of pyridine rings is 1. The average molecular weight is 247 g/mol. The lowest BCUT2D eigenvalue weighted by atomic mass is 9.92. The van der Waals surface area contributed by atoms with Crippen molar-refractivity contribution in [1.29, 1.82) is 0 Å². The lowest BCUT2D eigenvalue weighted by Gasteiger charge is -2.37. The van der Waals surface area contributed by atoms with Gasteiger partial charge in [0.25, 0.3) is 5.91 Å². The van der Waals surface area contributed by atoms with Crippen LogP contribution in [-0.2, 0) is 0 Å². The van der Waals surface area contributed by atoms with Gasteiger partial charge in [0, 0.05) is 19.6 Å². The van der Waals surface area contributed by atoms with Gasteiger partial charge in [0.15, 0.2) is 0 Å². The van der Waals surface area contributed by atoms with Crippen molar-refractivity contribution in [2.24, 2.45) is 5.92 Å². The molecule has 0 bridgehead atoms. The summed E-state index contributed by atoms with van der Waals surface area (Å²) in [5.41, 5.74) is 1.46. The van der Waals surface area contributed by atoms with Gasteiger partial charge in [0.05, 0.1) is 11.9 Å². The Bertz CT molecular complexity index is 416. The number of carbonyl (C=O) groups excluding carboxylic acids is 1. The predicted octanol–water partition coefficient (Wildman–Crippen LogP) is 2.38. The van der Waals surface area contributed by atoms with Crippen molar-refractivity contribution in [3.05, 3.63) is 24.0 Å². The van der Waals surface area contributed by atoms with Crippen molar-refractivity contribution >= 4 is 11.6 Å². The Morgan fingerprint density at radius 1 is 1.44 bits per heavy atom. The van der Waals surface area contributed by atoms with Crippen molar-refractivity contribution in [2.75, 3.05) is 18.9 Å². The third kappa shape index (κ3) is 2.47. The van der Waals surface area contributed by atoms with E-state index in [0.717, 1.165) is 18.7 Å². The van der Waals surface area contributed by atoms with Crippen molar-refractivity contribution < 1.29 is 4.79 Å². The van der Waals surface area contributed by atoms with Gasteiger partial charge >= 0.3 is 0 Å². The van der Waals surface area contributed by atoms with Crippen LogP contribution in [0.25, 0.3) is 0 Å². The van der Waals surface area contributed by atoms with Gasteiger partial charge in [-0.2, -0.15) is 0 Å². The highest BCUT2D eigenvalue weighted by Gasteiger charge is 2.29. The van der Waals surface area contributed by atoms with E-state index in [-0.39, 0.29) is 5.91 Å². The molecule has 1 aromatic heterocycles. The summed E-state index contributed by atoms with van der Waals surface area (Å²) in [6, 6.07) is 3.98. The Morgan fingerprint density at radius 3 is 2.83 bits per heavy atom. The molecule has 0 saturated carbocycles. The third-order valence-electron chi connectivity index (χ3n) is 3.91. The molecule has 4 nitrogen and oxygen atoms in total. The van der Waals surface area contributed by atoms with Crippen molar-refractivity contribution in [3.63, 3.8) is 0 Å². The Morgan fingerprint density at radius 2 is 2.22 bits per heavy atom. The summed E-state index contributed by atoms with van der Waals surface area (Å²) in [5, 5.41) is 3.00. The zero-order valence-corrected chi connectivity index (χ0v) is 11.3. The fraction of sp³-hybridized carbons (Fsp3) is 0.571. The van der Waals surface area contributed by atoms with E-state index in [2.05, 4.69) is 24.1 Å². The number of aromatic nitrogens is 1. The molecule has 0 spiro atoms. The molecule has 2 atom stereocenters. The smallest absolute Gasteiger partial charge is 0.272 e. The third-order valence-corrected chi connectivity index (χ3v) is 3.91. The topological polar surface area (TPSA) is 45.2 Å². The molecule has 2 heterocycles. The van der Waals surface area contributed by atoms with Crippen LogP contribution in [0.4, 0.5) is 5.69 Å². The molecule has 1 N–H and O–H groups in total. The summed E-state index contributed by atoms with van der Waals surface area (Å²) in [7, 11) is 1.84. The van der Waals surface area contributed by atoms with Crippen LogP contribution in [-0.4, -0.2) is 35.4 Å². The fourth-order valence-electron chi connectivity index (χ4n) is 2.44. The summed E-state index contributed by atoms with van der Waals surface area (Å²) >= 11 is 0. The molecule has 1 aliphatic heterocycles. The SMILES string of the molecule is CNc1ccc(C(=O)N2CCCC(C)C2C)nc1. The Kier molecular flexibility index (Phi) is 3.84. The molecule has 2 unspecified atom stereocenters. The minimum Gasteiger partial charge on any atom is -0.387 e.